The molecule has 0 amide bonds. The Balaban J connectivity index is 1.51. The van der Waals surface area contributed by atoms with Crippen LogP contribution in [0.3, 0.4) is 0 Å². The van der Waals surface area contributed by atoms with Gasteiger partial charge >= 0.3 is 0 Å². The van der Waals surface area contributed by atoms with Gasteiger partial charge in [0.1, 0.15) is 0 Å². The topological polar surface area (TPSA) is 0 Å². The van der Waals surface area contributed by atoms with Crippen LogP contribution < -0.4 is 0 Å². The molecule has 0 bridgehead atoms. The molecule has 0 radical (unpaired) electrons. The number of hydrogen-bond acceptors (Lipinski definition) is 0. The molecule has 110 valence electrons. The Kier molecular flexibility index (Phi) is 5.04. The Labute approximate surface area is 133 Å². The highest BCUT2D eigenvalue weighted by Gasteiger charge is 1.98. The first-order valence-electron chi connectivity index (χ1n) is 8.06. The smallest absolute Gasteiger partial charge is 0.00258 e. The van der Waals surface area contributed by atoms with Gasteiger partial charge in [-0.2, -0.15) is 0 Å². The third-order valence-electron chi connectivity index (χ3n) is 4.05. The van der Waals surface area contributed by atoms with E-state index in [1.165, 1.54) is 28.7 Å². The van der Waals surface area contributed by atoms with Gasteiger partial charge in [-0.15, -0.1) is 0 Å². The minimum absolute atomic E-state index is 1.02. The molecule has 0 aliphatic heterocycles. The lowest BCUT2D eigenvalue weighted by atomic mass is 10.0. The number of hydrogen-bond donors (Lipinski definition) is 0. The Morgan fingerprint density at radius 3 is 1.41 bits per heavy atom. The molecule has 0 nitrogen and oxygen atoms in total. The quantitative estimate of drug-likeness (QED) is 0.565. The molecular weight excluding hydrogens is 264 g/mol. The van der Waals surface area contributed by atoms with Gasteiger partial charge in [-0.05, 0) is 47.9 Å². The molecule has 0 N–H and O–H groups in total. The van der Waals surface area contributed by atoms with E-state index >= 15 is 0 Å². The average molecular weight is 286 g/mol. The molecule has 0 heterocycles. The molecule has 22 heavy (non-hydrogen) atoms. The number of benzene rings is 3. The summed E-state index contributed by atoms with van der Waals surface area (Å²) in [4.78, 5) is 0. The second kappa shape index (κ2) is 7.61. The van der Waals surface area contributed by atoms with E-state index in [-0.39, 0.29) is 0 Å². The van der Waals surface area contributed by atoms with Crippen LogP contribution in [0.5, 0.6) is 0 Å². The summed E-state index contributed by atoms with van der Waals surface area (Å²) in [5.41, 5.74) is 5.63. The first-order chi connectivity index (χ1) is 10.9. The van der Waals surface area contributed by atoms with Crippen LogP contribution in [0.15, 0.2) is 84.9 Å². The lowest BCUT2D eigenvalue weighted by Gasteiger charge is -2.05. The van der Waals surface area contributed by atoms with Crippen LogP contribution >= 0.6 is 0 Å². The second-order valence-corrected chi connectivity index (χ2v) is 5.82. The van der Waals surface area contributed by atoms with Crippen molar-refractivity contribution in [3.63, 3.8) is 0 Å². The van der Waals surface area contributed by atoms with Gasteiger partial charge < -0.3 is 0 Å². The third kappa shape index (κ3) is 4.33. The SMILES string of the molecule is c1ccc(CCCc2ccc(Cc3ccccc3)cc2)cc1. The standard InChI is InChI=1S/C22H22/c1-3-8-19(9-4-1)12-7-13-20-14-16-22(17-15-20)18-21-10-5-2-6-11-21/h1-6,8-11,14-17H,7,12-13,18H2. The highest BCUT2D eigenvalue weighted by atomic mass is 14.0. The normalized spacial score (nSPS) is 10.5. The fourth-order valence-electron chi connectivity index (χ4n) is 2.80. The highest BCUT2D eigenvalue weighted by Crippen LogP contribution is 2.13. The predicted octanol–water partition coefficient (Wildman–Crippen LogP) is 5.45. The van der Waals surface area contributed by atoms with Crippen LogP contribution in [0, 0.1) is 0 Å². The van der Waals surface area contributed by atoms with Crippen molar-refractivity contribution in [3.05, 3.63) is 107 Å². The largest absolute Gasteiger partial charge is 0.0622 e. The molecule has 0 aromatic heterocycles. The van der Waals surface area contributed by atoms with Gasteiger partial charge in [0, 0.05) is 0 Å². The molecule has 0 aliphatic rings. The zero-order chi connectivity index (χ0) is 15.0. The summed E-state index contributed by atoms with van der Waals surface area (Å²) in [6.45, 7) is 0. The minimum atomic E-state index is 1.02. The van der Waals surface area contributed by atoms with E-state index in [9.17, 15) is 0 Å². The molecule has 0 heteroatoms. The van der Waals surface area contributed by atoms with Gasteiger partial charge in [0.25, 0.3) is 0 Å². The number of rotatable bonds is 6. The van der Waals surface area contributed by atoms with Crippen LogP contribution in [0.4, 0.5) is 0 Å². The lowest BCUT2D eigenvalue weighted by molar-refractivity contribution is 0.820. The van der Waals surface area contributed by atoms with Crippen molar-refractivity contribution in [2.24, 2.45) is 0 Å². The molecule has 0 fully saturated rings. The van der Waals surface area contributed by atoms with Crippen LogP contribution in [0.25, 0.3) is 0 Å². The van der Waals surface area contributed by atoms with E-state index in [0.717, 1.165) is 19.3 Å². The molecule has 0 saturated heterocycles. The van der Waals surface area contributed by atoms with Crippen LogP contribution in [0.1, 0.15) is 28.7 Å². The minimum Gasteiger partial charge on any atom is -0.0622 e. The lowest BCUT2D eigenvalue weighted by Crippen LogP contribution is -1.92. The molecule has 3 aromatic carbocycles. The maximum absolute atomic E-state index is 2.28. The van der Waals surface area contributed by atoms with E-state index in [1.807, 2.05) is 0 Å². The molecule has 0 unspecified atom stereocenters. The summed E-state index contributed by atoms with van der Waals surface area (Å²) in [6, 6.07) is 30.5. The fraction of sp³-hybridized carbons (Fsp3) is 0.182. The van der Waals surface area contributed by atoms with Gasteiger partial charge in [0.2, 0.25) is 0 Å². The number of aryl methyl sites for hydroxylation is 2. The molecular formula is C22H22. The third-order valence-corrected chi connectivity index (χ3v) is 4.05. The highest BCUT2D eigenvalue weighted by molar-refractivity contribution is 5.28. The summed E-state index contributed by atoms with van der Waals surface area (Å²) >= 11 is 0. The summed E-state index contributed by atoms with van der Waals surface area (Å²) in [6.07, 6.45) is 4.54. The first-order valence-corrected chi connectivity index (χ1v) is 8.06. The van der Waals surface area contributed by atoms with E-state index in [0.29, 0.717) is 0 Å². The zero-order valence-electron chi connectivity index (χ0n) is 12.9. The van der Waals surface area contributed by atoms with Gasteiger partial charge in [-0.3, -0.25) is 0 Å². The molecule has 0 atom stereocenters. The predicted molar refractivity (Wildman–Crippen MR) is 94.2 cm³/mol. The van der Waals surface area contributed by atoms with Crippen molar-refractivity contribution < 1.29 is 0 Å². The van der Waals surface area contributed by atoms with Crippen LogP contribution in [-0.2, 0) is 19.3 Å². The van der Waals surface area contributed by atoms with E-state index in [4.69, 9.17) is 0 Å². The second-order valence-electron chi connectivity index (χ2n) is 5.82. The van der Waals surface area contributed by atoms with Crippen molar-refractivity contribution in [3.8, 4) is 0 Å². The maximum atomic E-state index is 2.28. The molecule has 3 rings (SSSR count). The summed E-state index contributed by atoms with van der Waals surface area (Å²) < 4.78 is 0. The Bertz CT molecular complexity index is 666. The fourth-order valence-corrected chi connectivity index (χ4v) is 2.80. The van der Waals surface area contributed by atoms with Gasteiger partial charge in [0.05, 0.1) is 0 Å². The summed E-state index contributed by atoms with van der Waals surface area (Å²) in [7, 11) is 0. The van der Waals surface area contributed by atoms with Gasteiger partial charge in [-0.25, -0.2) is 0 Å². The van der Waals surface area contributed by atoms with E-state index in [1.54, 1.807) is 0 Å². The van der Waals surface area contributed by atoms with Crippen molar-refractivity contribution >= 4 is 0 Å². The first kappa shape index (κ1) is 14.6. The summed E-state index contributed by atoms with van der Waals surface area (Å²) in [5, 5.41) is 0. The Hall–Kier alpha value is -2.34. The average Bonchev–Trinajstić information content (AvgIpc) is 2.58. The maximum Gasteiger partial charge on any atom is -0.00258 e. The van der Waals surface area contributed by atoms with Gasteiger partial charge in [-0.1, -0.05) is 84.9 Å². The Morgan fingerprint density at radius 1 is 0.409 bits per heavy atom. The zero-order valence-corrected chi connectivity index (χ0v) is 12.9. The van der Waals surface area contributed by atoms with Crippen molar-refractivity contribution in [2.45, 2.75) is 25.7 Å². The molecule has 0 aliphatic carbocycles. The van der Waals surface area contributed by atoms with Crippen LogP contribution in [-0.4, -0.2) is 0 Å². The summed E-state index contributed by atoms with van der Waals surface area (Å²) in [5.74, 6) is 0. The van der Waals surface area contributed by atoms with E-state index in [2.05, 4.69) is 84.9 Å². The molecule has 0 saturated carbocycles. The van der Waals surface area contributed by atoms with Crippen LogP contribution in [0.2, 0.25) is 0 Å². The molecule has 3 aromatic rings. The van der Waals surface area contributed by atoms with Crippen molar-refractivity contribution in [1.82, 2.24) is 0 Å². The monoisotopic (exact) mass is 286 g/mol. The van der Waals surface area contributed by atoms with Crippen molar-refractivity contribution in [2.75, 3.05) is 0 Å². The van der Waals surface area contributed by atoms with Gasteiger partial charge in [0.15, 0.2) is 0 Å². The van der Waals surface area contributed by atoms with E-state index < -0.39 is 0 Å². The molecule has 0 spiro atoms. The Morgan fingerprint density at radius 2 is 0.818 bits per heavy atom. The van der Waals surface area contributed by atoms with Crippen molar-refractivity contribution in [1.29, 1.82) is 0 Å².